The zero-order valence-corrected chi connectivity index (χ0v) is 8.99. The van der Waals surface area contributed by atoms with Crippen molar-refractivity contribution in [1.29, 1.82) is 0 Å². The molecule has 0 atom stereocenters. The monoisotopic (exact) mass is 156 g/mol. The Kier molecular flexibility index (Phi) is 4.83. The van der Waals surface area contributed by atoms with Crippen molar-refractivity contribution in [1.82, 2.24) is 0 Å². The van der Waals surface area contributed by atoms with E-state index < -0.39 is 0 Å². The summed E-state index contributed by atoms with van der Waals surface area (Å²) in [5.41, 5.74) is 6.00. The third-order valence-corrected chi connectivity index (χ3v) is 2.45. The Morgan fingerprint density at radius 3 is 2.25 bits per heavy atom. The minimum atomic E-state index is 0. The van der Waals surface area contributed by atoms with Crippen LogP contribution in [-0.4, -0.2) is 0 Å². The van der Waals surface area contributed by atoms with Gasteiger partial charge in [-0.25, -0.2) is 0 Å². The Bertz CT molecular complexity index is 246. The van der Waals surface area contributed by atoms with E-state index in [4.69, 9.17) is 0 Å². The predicted molar refractivity (Wildman–Crippen MR) is 50.2 cm³/mol. The molecule has 1 aromatic carbocycles. The molecule has 1 heteroatoms. The molecule has 0 heterocycles. The zero-order chi connectivity index (χ0) is 8.43. The molecule has 0 nitrogen and oxygen atoms in total. The molecular formula is C11H17Li. The van der Waals surface area contributed by atoms with E-state index in [2.05, 4.69) is 33.8 Å². The Morgan fingerprint density at radius 2 is 1.92 bits per heavy atom. The number of hydrogen-bond acceptors (Lipinski definition) is 0. The maximum absolute atomic E-state index is 2.29. The van der Waals surface area contributed by atoms with Gasteiger partial charge in [-0.1, -0.05) is 40.5 Å². The second-order valence-corrected chi connectivity index (χ2v) is 3.36. The van der Waals surface area contributed by atoms with Crippen LogP contribution >= 0.6 is 0 Å². The molecule has 0 unspecified atom stereocenters. The molecule has 0 amide bonds. The first-order valence-electron chi connectivity index (χ1n) is 4.39. The number of aryl methyl sites for hydroxylation is 2. The molecule has 0 N–H and O–H groups in total. The molecule has 0 radical (unpaired) electrons. The van der Waals surface area contributed by atoms with Gasteiger partial charge in [0.2, 0.25) is 0 Å². The number of hydrogen-bond donors (Lipinski definition) is 0. The fourth-order valence-corrected chi connectivity index (χ4v) is 1.69. The van der Waals surface area contributed by atoms with Crippen LogP contribution in [-0.2, 0) is 6.42 Å². The van der Waals surface area contributed by atoms with Gasteiger partial charge in [-0.05, 0) is 0 Å². The van der Waals surface area contributed by atoms with Crippen molar-refractivity contribution in [2.75, 3.05) is 0 Å². The van der Waals surface area contributed by atoms with E-state index in [1.54, 1.807) is 5.56 Å². The number of rotatable bonds is 2. The quantitative estimate of drug-likeness (QED) is 0.426. The van der Waals surface area contributed by atoms with Crippen LogP contribution in [0.1, 0.15) is 35.6 Å². The Hall–Kier alpha value is -0.0526. The van der Waals surface area contributed by atoms with Crippen LogP contribution in [0.25, 0.3) is 0 Å². The van der Waals surface area contributed by atoms with Crippen molar-refractivity contribution in [2.24, 2.45) is 0 Å². The Balaban J connectivity index is 0.00000121. The summed E-state index contributed by atoms with van der Waals surface area (Å²) >= 11 is 0. The molecule has 0 aliphatic heterocycles. The third-order valence-electron chi connectivity index (χ3n) is 2.45. The first kappa shape index (κ1) is 11.9. The smallest absolute Gasteiger partial charge is 0.198 e. The minimum Gasteiger partial charge on any atom is -0.198 e. The van der Waals surface area contributed by atoms with Gasteiger partial charge in [0.15, 0.2) is 0 Å². The summed E-state index contributed by atoms with van der Waals surface area (Å²) < 4.78 is 0. The minimum absolute atomic E-state index is 0. The molecule has 0 aliphatic carbocycles. The molecule has 62 valence electrons. The van der Waals surface area contributed by atoms with E-state index in [0.29, 0.717) is 0 Å². The summed E-state index contributed by atoms with van der Waals surface area (Å²) in [5.74, 6) is 0. The van der Waals surface area contributed by atoms with E-state index >= 15 is 0 Å². The van der Waals surface area contributed by atoms with Crippen LogP contribution in [0.2, 0.25) is 0 Å². The molecule has 0 bridgehead atoms. The molecule has 0 aromatic heterocycles. The molecule has 0 saturated heterocycles. The van der Waals surface area contributed by atoms with Gasteiger partial charge in [-0.3, -0.25) is 0 Å². The summed E-state index contributed by atoms with van der Waals surface area (Å²) in [4.78, 5) is 0. The van der Waals surface area contributed by atoms with Crippen LogP contribution in [0.3, 0.4) is 0 Å². The van der Waals surface area contributed by atoms with E-state index in [0.717, 1.165) is 0 Å². The van der Waals surface area contributed by atoms with Gasteiger partial charge in [0.1, 0.15) is 0 Å². The summed E-state index contributed by atoms with van der Waals surface area (Å²) in [6.45, 7) is 8.88. The maximum Gasteiger partial charge on any atom is 1.00 e. The van der Waals surface area contributed by atoms with E-state index in [-0.39, 0.29) is 18.9 Å². The summed E-state index contributed by atoms with van der Waals surface area (Å²) in [7, 11) is 0. The maximum atomic E-state index is 2.29. The van der Waals surface area contributed by atoms with Crippen LogP contribution in [0, 0.1) is 20.8 Å². The van der Waals surface area contributed by atoms with Gasteiger partial charge in [-0.2, -0.15) is 28.3 Å². The van der Waals surface area contributed by atoms with Crippen molar-refractivity contribution < 1.29 is 18.9 Å². The Labute approximate surface area is 87.9 Å². The predicted octanol–water partition coefficient (Wildman–Crippen LogP) is 0.287. The van der Waals surface area contributed by atoms with Gasteiger partial charge in [-0.15, -0.1) is 0 Å². The van der Waals surface area contributed by atoms with Gasteiger partial charge >= 0.3 is 18.9 Å². The summed E-state index contributed by atoms with van der Waals surface area (Å²) in [5, 5.41) is 0. The van der Waals surface area contributed by atoms with Crippen LogP contribution < -0.4 is 18.9 Å². The van der Waals surface area contributed by atoms with Gasteiger partial charge in [0, 0.05) is 0 Å². The first-order chi connectivity index (χ1) is 5.16. The molecule has 0 saturated carbocycles. The average Bonchev–Trinajstić information content (AvgIpc) is 2.17. The molecule has 12 heavy (non-hydrogen) atoms. The van der Waals surface area contributed by atoms with Gasteiger partial charge in [0.25, 0.3) is 0 Å². The van der Waals surface area contributed by atoms with E-state index in [1.165, 1.54) is 29.5 Å². The molecule has 0 aliphatic rings. The van der Waals surface area contributed by atoms with E-state index in [9.17, 15) is 0 Å². The third kappa shape index (κ3) is 2.22. The first-order valence-corrected chi connectivity index (χ1v) is 4.39. The molecule has 1 rings (SSSR count). The van der Waals surface area contributed by atoms with Crippen LogP contribution in [0.4, 0.5) is 0 Å². The fourth-order valence-electron chi connectivity index (χ4n) is 1.69. The van der Waals surface area contributed by atoms with Crippen molar-refractivity contribution in [2.45, 2.75) is 40.5 Å². The van der Waals surface area contributed by atoms with Gasteiger partial charge in [0.05, 0.1) is 0 Å². The fraction of sp³-hybridized carbons (Fsp3) is 0.545. The SMILES string of the molecule is CCCc1c(C)c(C)c[c-]1C.[Li+]. The second kappa shape index (κ2) is 4.85. The molecule has 0 spiro atoms. The normalized spacial score (nSPS) is 9.67. The van der Waals surface area contributed by atoms with Crippen LogP contribution in [0.15, 0.2) is 6.07 Å². The average molecular weight is 156 g/mol. The largest absolute Gasteiger partial charge is 1.00 e. The van der Waals surface area contributed by atoms with Crippen molar-refractivity contribution >= 4 is 0 Å². The van der Waals surface area contributed by atoms with Crippen molar-refractivity contribution in [3.63, 3.8) is 0 Å². The van der Waals surface area contributed by atoms with Gasteiger partial charge < -0.3 is 0 Å². The zero-order valence-electron chi connectivity index (χ0n) is 8.99. The molecule has 1 aromatic rings. The summed E-state index contributed by atoms with van der Waals surface area (Å²) in [6.07, 6.45) is 2.50. The van der Waals surface area contributed by atoms with Crippen molar-refractivity contribution in [3.05, 3.63) is 28.3 Å². The standard InChI is InChI=1S/C11H17.Li/c1-5-6-11-9(3)7-8(2)10(11)4;/h7H,5-6H2,1-4H3;/q-1;+1. The second-order valence-electron chi connectivity index (χ2n) is 3.36. The summed E-state index contributed by atoms with van der Waals surface area (Å²) in [6, 6.07) is 2.29. The van der Waals surface area contributed by atoms with E-state index in [1.807, 2.05) is 0 Å². The van der Waals surface area contributed by atoms with Crippen molar-refractivity contribution in [3.8, 4) is 0 Å². The molecule has 0 fully saturated rings. The topological polar surface area (TPSA) is 0 Å². The molecular weight excluding hydrogens is 139 g/mol. The van der Waals surface area contributed by atoms with Crippen LogP contribution in [0.5, 0.6) is 0 Å². The Morgan fingerprint density at radius 1 is 1.33 bits per heavy atom.